The number of aliphatic hydroxyl groups is 2. The summed E-state index contributed by atoms with van der Waals surface area (Å²) in [5, 5.41) is 19.0. The number of rotatable bonds is 2. The molecule has 0 saturated heterocycles. The van der Waals surface area contributed by atoms with Crippen LogP contribution in [-0.2, 0) is 0 Å². The van der Waals surface area contributed by atoms with E-state index in [1.807, 2.05) is 0 Å². The van der Waals surface area contributed by atoms with Crippen molar-refractivity contribution in [3.8, 4) is 0 Å². The Morgan fingerprint density at radius 2 is 1.27 bits per heavy atom. The van der Waals surface area contributed by atoms with Crippen molar-refractivity contribution in [2.24, 2.45) is 0 Å². The summed E-state index contributed by atoms with van der Waals surface area (Å²) in [4.78, 5) is -2.07. The fourth-order valence-electron chi connectivity index (χ4n) is 2.24. The average molecular weight is 290 g/mol. The lowest BCUT2D eigenvalue weighted by molar-refractivity contribution is 0.307. The molecule has 0 fully saturated rings. The van der Waals surface area contributed by atoms with E-state index >= 15 is 0 Å². The second kappa shape index (κ2) is 3.52. The minimum absolute atomic E-state index is 0.252. The quantitative estimate of drug-likeness (QED) is 0.605. The lowest BCUT2D eigenvalue weighted by Crippen LogP contribution is -2.24. The molecule has 2 N–H and O–H groups in total. The van der Waals surface area contributed by atoms with Crippen LogP contribution >= 0.6 is 46.4 Å². The van der Waals surface area contributed by atoms with E-state index < -0.39 is 9.75 Å². The van der Waals surface area contributed by atoms with E-state index in [1.165, 1.54) is 0 Å². The molecule has 0 aromatic rings. The SMILES string of the molecule is OCC1=C(CO)C2(Cl)CC1(Cl)C(Cl)=C2Cl. The lowest BCUT2D eigenvalue weighted by atomic mass is 9.97. The van der Waals surface area contributed by atoms with Gasteiger partial charge in [-0.05, 0) is 11.1 Å². The second-order valence-corrected chi connectivity index (χ2v) is 5.73. The van der Waals surface area contributed by atoms with Crippen LogP contribution in [0.15, 0.2) is 21.2 Å². The van der Waals surface area contributed by atoms with Gasteiger partial charge in [0.1, 0.15) is 9.75 Å². The fourth-order valence-corrected chi connectivity index (χ4v) is 4.02. The first-order valence-corrected chi connectivity index (χ1v) is 5.81. The Hall–Kier alpha value is 0.560. The summed E-state index contributed by atoms with van der Waals surface area (Å²) in [6.45, 7) is -0.567. The largest absolute Gasteiger partial charge is 0.392 e. The molecule has 2 aliphatic carbocycles. The van der Waals surface area contributed by atoms with Crippen LogP contribution in [0, 0.1) is 0 Å². The van der Waals surface area contributed by atoms with Gasteiger partial charge in [0, 0.05) is 6.42 Å². The van der Waals surface area contributed by atoms with E-state index in [4.69, 9.17) is 46.4 Å². The Labute approximate surface area is 107 Å². The van der Waals surface area contributed by atoms with Gasteiger partial charge in [-0.3, -0.25) is 0 Å². The highest BCUT2D eigenvalue weighted by Crippen LogP contribution is 2.64. The van der Waals surface area contributed by atoms with Gasteiger partial charge in [-0.25, -0.2) is 0 Å². The number of hydrogen-bond donors (Lipinski definition) is 2. The minimum atomic E-state index is -1.03. The Kier molecular flexibility index (Phi) is 2.83. The van der Waals surface area contributed by atoms with Crippen molar-refractivity contribution in [2.45, 2.75) is 16.2 Å². The van der Waals surface area contributed by atoms with Gasteiger partial charge in [0.2, 0.25) is 0 Å². The topological polar surface area (TPSA) is 40.5 Å². The normalized spacial score (nSPS) is 39.6. The molecule has 2 atom stereocenters. The number of aliphatic hydroxyl groups excluding tert-OH is 2. The predicted octanol–water partition coefficient (Wildman–Crippen LogP) is 2.33. The van der Waals surface area contributed by atoms with Crippen LogP contribution in [0.4, 0.5) is 0 Å². The molecular weight excluding hydrogens is 282 g/mol. The molecule has 2 bridgehead atoms. The summed E-state index contributed by atoms with van der Waals surface area (Å²) in [6.07, 6.45) is 0.284. The van der Waals surface area contributed by atoms with E-state index in [1.54, 1.807) is 0 Å². The smallest absolute Gasteiger partial charge is 0.107 e. The molecule has 2 rings (SSSR count). The Bertz CT molecular complexity index is 356. The molecular formula is C9H8Cl4O2. The van der Waals surface area contributed by atoms with Crippen LogP contribution in [0.1, 0.15) is 6.42 Å². The molecule has 84 valence electrons. The fraction of sp³-hybridized carbons (Fsp3) is 0.556. The van der Waals surface area contributed by atoms with Crippen molar-refractivity contribution in [1.82, 2.24) is 0 Å². The summed E-state index contributed by atoms with van der Waals surface area (Å²) in [7, 11) is 0. The number of allylic oxidation sites excluding steroid dienone is 2. The van der Waals surface area contributed by atoms with E-state index in [9.17, 15) is 10.2 Å². The van der Waals surface area contributed by atoms with Crippen LogP contribution < -0.4 is 0 Å². The lowest BCUT2D eigenvalue weighted by Gasteiger charge is -2.25. The standard InChI is InChI=1S/C9H8Cl4O2/c10-6-7(11)9(13)3-8(6,12)4(1-14)5(9)2-15/h14-15H,1-3H2. The number of hydrogen-bond acceptors (Lipinski definition) is 2. The van der Waals surface area contributed by atoms with Gasteiger partial charge >= 0.3 is 0 Å². The summed E-state index contributed by atoms with van der Waals surface area (Å²) in [6, 6.07) is 0. The highest BCUT2D eigenvalue weighted by atomic mass is 35.5. The molecule has 0 amide bonds. The Morgan fingerprint density at radius 1 is 0.933 bits per heavy atom. The third-order valence-corrected chi connectivity index (χ3v) is 5.43. The van der Waals surface area contributed by atoms with Crippen LogP contribution in [0.3, 0.4) is 0 Å². The van der Waals surface area contributed by atoms with Gasteiger partial charge in [-0.1, -0.05) is 23.2 Å². The summed E-state index contributed by atoms with van der Waals surface area (Å²) < 4.78 is 0. The molecule has 0 aromatic carbocycles. The van der Waals surface area contributed by atoms with Gasteiger partial charge < -0.3 is 10.2 Å². The van der Waals surface area contributed by atoms with Crippen LogP contribution in [0.25, 0.3) is 0 Å². The van der Waals surface area contributed by atoms with Gasteiger partial charge in [0.05, 0.1) is 23.3 Å². The zero-order valence-corrected chi connectivity index (χ0v) is 10.6. The first kappa shape index (κ1) is 12.0. The molecule has 2 aliphatic rings. The zero-order valence-electron chi connectivity index (χ0n) is 7.53. The molecule has 15 heavy (non-hydrogen) atoms. The third-order valence-electron chi connectivity index (χ3n) is 3.01. The monoisotopic (exact) mass is 288 g/mol. The Balaban J connectivity index is 2.63. The number of halogens is 4. The summed E-state index contributed by atoms with van der Waals surface area (Å²) in [5.41, 5.74) is 0.937. The minimum Gasteiger partial charge on any atom is -0.392 e. The molecule has 2 nitrogen and oxygen atoms in total. The maximum atomic E-state index is 9.24. The predicted molar refractivity (Wildman–Crippen MR) is 61.7 cm³/mol. The highest BCUT2D eigenvalue weighted by molar-refractivity contribution is 6.52. The van der Waals surface area contributed by atoms with Crippen LogP contribution in [0.5, 0.6) is 0 Å². The van der Waals surface area contributed by atoms with Crippen molar-refractivity contribution >= 4 is 46.4 Å². The van der Waals surface area contributed by atoms with Crippen molar-refractivity contribution < 1.29 is 10.2 Å². The van der Waals surface area contributed by atoms with Crippen LogP contribution in [0.2, 0.25) is 0 Å². The maximum Gasteiger partial charge on any atom is 0.107 e. The molecule has 0 spiro atoms. The van der Waals surface area contributed by atoms with Gasteiger partial charge in [0.15, 0.2) is 0 Å². The molecule has 0 aromatic heterocycles. The molecule has 6 heteroatoms. The molecule has 0 saturated carbocycles. The zero-order chi connectivity index (χ0) is 11.4. The summed E-state index contributed by atoms with van der Waals surface area (Å²) >= 11 is 24.5. The van der Waals surface area contributed by atoms with Crippen molar-refractivity contribution in [3.05, 3.63) is 21.2 Å². The van der Waals surface area contributed by atoms with Crippen molar-refractivity contribution in [3.63, 3.8) is 0 Å². The molecule has 2 unspecified atom stereocenters. The average Bonchev–Trinajstić information content (AvgIpc) is 2.53. The van der Waals surface area contributed by atoms with Crippen molar-refractivity contribution in [1.29, 1.82) is 0 Å². The van der Waals surface area contributed by atoms with Crippen molar-refractivity contribution in [2.75, 3.05) is 13.2 Å². The van der Waals surface area contributed by atoms with Gasteiger partial charge in [-0.2, -0.15) is 0 Å². The first-order chi connectivity index (χ1) is 6.91. The highest BCUT2D eigenvalue weighted by Gasteiger charge is 2.62. The third kappa shape index (κ3) is 1.27. The van der Waals surface area contributed by atoms with E-state index in [0.717, 1.165) is 0 Å². The van der Waals surface area contributed by atoms with Crippen LogP contribution in [-0.4, -0.2) is 33.2 Å². The molecule has 0 heterocycles. The van der Waals surface area contributed by atoms with E-state index in [0.29, 0.717) is 11.1 Å². The second-order valence-electron chi connectivity index (χ2n) is 3.68. The molecule has 0 aliphatic heterocycles. The van der Waals surface area contributed by atoms with E-state index in [2.05, 4.69) is 0 Å². The van der Waals surface area contributed by atoms with E-state index in [-0.39, 0.29) is 29.7 Å². The summed E-state index contributed by atoms with van der Waals surface area (Å²) in [5.74, 6) is 0. The number of alkyl halides is 2. The number of fused-ring (bicyclic) bond motifs is 2. The van der Waals surface area contributed by atoms with Gasteiger partial charge in [-0.15, -0.1) is 23.2 Å². The molecule has 0 radical (unpaired) electrons. The van der Waals surface area contributed by atoms with Gasteiger partial charge in [0.25, 0.3) is 0 Å². The maximum absolute atomic E-state index is 9.24. The first-order valence-electron chi connectivity index (χ1n) is 4.30. The Morgan fingerprint density at radius 3 is 1.53 bits per heavy atom.